The molecule has 0 saturated heterocycles. The van der Waals surface area contributed by atoms with Gasteiger partial charge in [-0.15, -0.1) is 0 Å². The highest BCUT2D eigenvalue weighted by atomic mass is 35.5. The van der Waals surface area contributed by atoms with Crippen LogP contribution in [0, 0.1) is 0 Å². The molecule has 0 atom stereocenters. The minimum atomic E-state index is -4.50. The first-order valence-electron chi connectivity index (χ1n) is 10.3. The molecule has 6 rings (SSSR count). The van der Waals surface area contributed by atoms with Gasteiger partial charge in [0.1, 0.15) is 11.6 Å². The molecule has 3 aliphatic rings. The van der Waals surface area contributed by atoms with E-state index in [4.69, 9.17) is 11.6 Å². The maximum Gasteiger partial charge on any atom is 0.434 e. The maximum atomic E-state index is 13.2. The summed E-state index contributed by atoms with van der Waals surface area (Å²) >= 11 is 6.00. The van der Waals surface area contributed by atoms with Gasteiger partial charge >= 0.3 is 6.18 Å². The first-order chi connectivity index (χ1) is 15.0. The van der Waals surface area contributed by atoms with Gasteiger partial charge in [-0.2, -0.15) is 13.2 Å². The highest BCUT2D eigenvalue weighted by molar-refractivity contribution is 6.28. The Morgan fingerprint density at radius 1 is 1.19 bits per heavy atom. The molecule has 1 saturated carbocycles. The van der Waals surface area contributed by atoms with E-state index in [1.807, 2.05) is 26.0 Å². The number of benzene rings is 1. The fraction of sp³-hybridized carbons (Fsp3) is 0.409. The standard InChI is InChI=1S/C22H21ClF3N5O/c1-12(2)30-11-17(22(24,25)26)28-18(30)14-5-3-13(4-6-14)10-31-15-7-21(32,8-15)16-9-27-20(23)29-19(16)31/h3-6,9,11-12,15,32H,7-8,10H2,1-2H3. The van der Waals surface area contributed by atoms with E-state index in [2.05, 4.69) is 19.9 Å². The molecule has 2 aliphatic heterocycles. The van der Waals surface area contributed by atoms with Gasteiger partial charge in [0.2, 0.25) is 5.28 Å². The lowest BCUT2D eigenvalue weighted by molar-refractivity contribution is -0.140. The van der Waals surface area contributed by atoms with Crippen molar-refractivity contribution in [2.45, 2.75) is 57.1 Å². The van der Waals surface area contributed by atoms with E-state index in [1.165, 1.54) is 4.57 Å². The fourth-order valence-corrected chi connectivity index (χ4v) is 4.66. The summed E-state index contributed by atoms with van der Waals surface area (Å²) in [5, 5.41) is 10.8. The summed E-state index contributed by atoms with van der Waals surface area (Å²) in [6.07, 6.45) is -0.644. The second-order valence-electron chi connectivity index (χ2n) is 8.74. The van der Waals surface area contributed by atoms with Gasteiger partial charge in [-0.25, -0.2) is 15.0 Å². The van der Waals surface area contributed by atoms with Gasteiger partial charge in [-0.05, 0) is 31.0 Å². The van der Waals surface area contributed by atoms with Crippen LogP contribution < -0.4 is 4.90 Å². The van der Waals surface area contributed by atoms with E-state index >= 15 is 0 Å². The van der Waals surface area contributed by atoms with Crippen LogP contribution in [0.5, 0.6) is 0 Å². The molecule has 1 aromatic carbocycles. The van der Waals surface area contributed by atoms with Crippen LogP contribution in [-0.4, -0.2) is 30.7 Å². The van der Waals surface area contributed by atoms with Crippen molar-refractivity contribution >= 4 is 17.4 Å². The van der Waals surface area contributed by atoms with E-state index < -0.39 is 17.5 Å². The summed E-state index contributed by atoms with van der Waals surface area (Å²) in [5.41, 5.74) is 0.462. The lowest BCUT2D eigenvalue weighted by Gasteiger charge is -2.55. The molecule has 10 heteroatoms. The predicted octanol–water partition coefficient (Wildman–Crippen LogP) is 4.96. The van der Waals surface area contributed by atoms with Gasteiger partial charge in [-0.3, -0.25) is 0 Å². The molecule has 2 bridgehead atoms. The van der Waals surface area contributed by atoms with Crippen molar-refractivity contribution in [3.05, 3.63) is 58.8 Å². The van der Waals surface area contributed by atoms with Crippen LogP contribution in [0.2, 0.25) is 5.28 Å². The van der Waals surface area contributed by atoms with Crippen LogP contribution in [0.15, 0.2) is 36.7 Å². The van der Waals surface area contributed by atoms with E-state index in [9.17, 15) is 18.3 Å². The minimum absolute atomic E-state index is 0.120. The number of nitrogens with zero attached hydrogens (tertiary/aromatic N) is 5. The fourth-order valence-electron chi connectivity index (χ4n) is 4.53. The summed E-state index contributed by atoms with van der Waals surface area (Å²) in [5.74, 6) is 0.912. The monoisotopic (exact) mass is 463 g/mol. The Morgan fingerprint density at radius 3 is 2.50 bits per heavy atom. The summed E-state index contributed by atoms with van der Waals surface area (Å²) in [4.78, 5) is 14.3. The minimum Gasteiger partial charge on any atom is -0.385 e. The highest BCUT2D eigenvalue weighted by Gasteiger charge is 2.53. The Bertz CT molecular complexity index is 1170. The molecule has 1 fully saturated rings. The average molecular weight is 464 g/mol. The molecule has 0 unspecified atom stereocenters. The normalized spacial score (nSPS) is 22.1. The van der Waals surface area contributed by atoms with Crippen molar-refractivity contribution in [3.63, 3.8) is 0 Å². The Kier molecular flexibility index (Phi) is 4.76. The predicted molar refractivity (Wildman–Crippen MR) is 113 cm³/mol. The molecule has 6 nitrogen and oxygen atoms in total. The molecular formula is C22H21ClF3N5O. The lowest BCUT2D eigenvalue weighted by Crippen LogP contribution is -2.58. The van der Waals surface area contributed by atoms with Crippen molar-refractivity contribution in [3.8, 4) is 11.4 Å². The Hall–Kier alpha value is -2.65. The van der Waals surface area contributed by atoms with Crippen molar-refractivity contribution in [1.29, 1.82) is 0 Å². The molecule has 0 amide bonds. The largest absolute Gasteiger partial charge is 0.434 e. The Morgan fingerprint density at radius 2 is 1.88 bits per heavy atom. The number of imidazole rings is 1. The van der Waals surface area contributed by atoms with Crippen LogP contribution in [0.1, 0.15) is 49.6 Å². The summed E-state index contributed by atoms with van der Waals surface area (Å²) in [7, 11) is 0. The summed E-state index contributed by atoms with van der Waals surface area (Å²) < 4.78 is 41.1. The molecule has 0 spiro atoms. The SMILES string of the molecule is CC(C)n1cc(C(F)(F)F)nc1-c1ccc(CN2c3nc(Cl)ncc3C3(O)CC2C3)cc1. The van der Waals surface area contributed by atoms with E-state index in [0.717, 1.165) is 11.8 Å². The van der Waals surface area contributed by atoms with Crippen LogP contribution in [0.3, 0.4) is 0 Å². The van der Waals surface area contributed by atoms with Gasteiger partial charge in [0.15, 0.2) is 5.69 Å². The number of aromatic nitrogens is 4. The number of rotatable bonds is 4. The summed E-state index contributed by atoms with van der Waals surface area (Å²) in [6.45, 7) is 4.17. The molecule has 32 heavy (non-hydrogen) atoms. The van der Waals surface area contributed by atoms with Gasteiger partial charge in [-0.1, -0.05) is 24.3 Å². The molecule has 3 aromatic rings. The number of hydrogen-bond acceptors (Lipinski definition) is 5. The lowest BCUT2D eigenvalue weighted by atomic mass is 9.67. The van der Waals surface area contributed by atoms with Crippen LogP contribution >= 0.6 is 11.6 Å². The van der Waals surface area contributed by atoms with Crippen LogP contribution in [0.4, 0.5) is 19.0 Å². The number of anilines is 1. The average Bonchev–Trinajstić information content (AvgIpc) is 3.16. The number of aliphatic hydroxyl groups is 1. The molecule has 4 heterocycles. The number of halogens is 4. The quantitative estimate of drug-likeness (QED) is 0.554. The van der Waals surface area contributed by atoms with E-state index in [0.29, 0.717) is 36.3 Å². The third-order valence-electron chi connectivity index (χ3n) is 6.24. The topological polar surface area (TPSA) is 67.1 Å². The first-order valence-corrected chi connectivity index (χ1v) is 10.7. The third kappa shape index (κ3) is 3.44. The third-order valence-corrected chi connectivity index (χ3v) is 6.43. The second kappa shape index (κ2) is 7.18. The Labute approximate surface area is 187 Å². The second-order valence-corrected chi connectivity index (χ2v) is 9.08. The van der Waals surface area contributed by atoms with Gasteiger partial charge < -0.3 is 14.6 Å². The highest BCUT2D eigenvalue weighted by Crippen LogP contribution is 2.53. The number of alkyl halides is 3. The summed E-state index contributed by atoms with van der Waals surface area (Å²) in [6, 6.07) is 7.30. The van der Waals surface area contributed by atoms with Crippen molar-refractivity contribution < 1.29 is 18.3 Å². The van der Waals surface area contributed by atoms with Crippen molar-refractivity contribution in [1.82, 2.24) is 19.5 Å². The van der Waals surface area contributed by atoms with Gasteiger partial charge in [0.05, 0.1) is 5.60 Å². The van der Waals surface area contributed by atoms with Crippen LogP contribution in [0.25, 0.3) is 11.4 Å². The Balaban J connectivity index is 1.43. The molecule has 2 aromatic heterocycles. The molecule has 0 radical (unpaired) electrons. The zero-order chi connectivity index (χ0) is 22.8. The smallest absolute Gasteiger partial charge is 0.385 e. The molecule has 168 valence electrons. The maximum absolute atomic E-state index is 13.2. The first kappa shape index (κ1) is 21.2. The van der Waals surface area contributed by atoms with Gasteiger partial charge in [0, 0.05) is 55.0 Å². The van der Waals surface area contributed by atoms with E-state index in [1.54, 1.807) is 18.3 Å². The zero-order valence-corrected chi connectivity index (χ0v) is 18.2. The van der Waals surface area contributed by atoms with Crippen molar-refractivity contribution in [2.24, 2.45) is 0 Å². The van der Waals surface area contributed by atoms with E-state index in [-0.39, 0.29) is 23.2 Å². The number of hydrogen-bond donors (Lipinski definition) is 1. The molecule has 1 aliphatic carbocycles. The van der Waals surface area contributed by atoms with Crippen LogP contribution in [-0.2, 0) is 18.3 Å². The molecule has 1 N–H and O–H groups in total. The zero-order valence-electron chi connectivity index (χ0n) is 17.4. The van der Waals surface area contributed by atoms with Crippen molar-refractivity contribution in [2.75, 3.05) is 4.90 Å². The molecular weight excluding hydrogens is 443 g/mol. The van der Waals surface area contributed by atoms with Gasteiger partial charge in [0.25, 0.3) is 0 Å².